The molecule has 0 saturated carbocycles. The first-order valence-electron chi connectivity index (χ1n) is 3.61. The van der Waals surface area contributed by atoms with Gasteiger partial charge in [-0.2, -0.15) is 5.26 Å². The molecule has 0 amide bonds. The molecule has 1 aromatic rings. The summed E-state index contributed by atoms with van der Waals surface area (Å²) in [4.78, 5) is 1.16. The minimum absolute atomic E-state index is 1.16. The Hall–Kier alpha value is -1.20. The van der Waals surface area contributed by atoms with Crippen LogP contribution in [0.1, 0.15) is 5.56 Å². The highest BCUT2D eigenvalue weighted by atomic mass is 32.2. The third-order valence-electron chi connectivity index (χ3n) is 1.37. The van der Waals surface area contributed by atoms with E-state index >= 15 is 0 Å². The summed E-state index contributed by atoms with van der Waals surface area (Å²) in [5, 5.41) is 10.0. The summed E-state index contributed by atoms with van der Waals surface area (Å²) in [6.07, 6.45) is 1.48. The number of allylic oxidation sites excluding steroid dienone is 1. The number of rotatable bonds is 2. The molecule has 2 heteroatoms. The molecule has 0 fully saturated rings. The van der Waals surface area contributed by atoms with Crippen molar-refractivity contribution in [2.45, 2.75) is 11.8 Å². The zero-order valence-corrected chi connectivity index (χ0v) is 7.64. The number of aryl methyl sites for hydroxylation is 1. The van der Waals surface area contributed by atoms with E-state index in [0.29, 0.717) is 0 Å². The third-order valence-corrected chi connectivity index (χ3v) is 2.18. The summed E-state index contributed by atoms with van der Waals surface area (Å²) in [6.45, 7) is 2.06. The number of benzene rings is 1. The van der Waals surface area contributed by atoms with Crippen molar-refractivity contribution in [3.8, 4) is 6.07 Å². The molecule has 0 aliphatic rings. The van der Waals surface area contributed by atoms with Crippen LogP contribution in [0.3, 0.4) is 0 Å². The summed E-state index contributed by atoms with van der Waals surface area (Å²) in [6, 6.07) is 10.2. The Kier molecular flexibility index (Phi) is 3.43. The normalized spacial score (nSPS) is 10.0. The van der Waals surface area contributed by atoms with E-state index in [1.807, 2.05) is 18.2 Å². The molecular formula is C10H9NS. The Morgan fingerprint density at radius 1 is 1.33 bits per heavy atom. The highest BCUT2D eigenvalue weighted by molar-refractivity contribution is 8.02. The van der Waals surface area contributed by atoms with E-state index in [1.165, 1.54) is 11.6 Å². The number of hydrogen-bond acceptors (Lipinski definition) is 2. The van der Waals surface area contributed by atoms with Crippen LogP contribution < -0.4 is 0 Å². The second-order valence-corrected chi connectivity index (χ2v) is 3.34. The van der Waals surface area contributed by atoms with E-state index in [1.54, 1.807) is 17.2 Å². The fourth-order valence-corrected chi connectivity index (χ4v) is 1.34. The van der Waals surface area contributed by atoms with Gasteiger partial charge in [0, 0.05) is 11.0 Å². The number of thioether (sulfide) groups is 1. The molecule has 0 bridgehead atoms. The molecule has 0 aliphatic carbocycles. The van der Waals surface area contributed by atoms with Crippen LogP contribution in [0.25, 0.3) is 0 Å². The molecule has 0 aromatic heterocycles. The van der Waals surface area contributed by atoms with Gasteiger partial charge in [0.2, 0.25) is 0 Å². The molecule has 1 rings (SSSR count). The maximum Gasteiger partial charge on any atom is 0.0917 e. The summed E-state index contributed by atoms with van der Waals surface area (Å²) >= 11 is 1.55. The van der Waals surface area contributed by atoms with Crippen LogP contribution in [0.2, 0.25) is 0 Å². The molecule has 60 valence electrons. The maximum absolute atomic E-state index is 8.24. The van der Waals surface area contributed by atoms with E-state index < -0.39 is 0 Å². The zero-order valence-electron chi connectivity index (χ0n) is 6.82. The molecule has 0 spiro atoms. The molecule has 12 heavy (non-hydrogen) atoms. The van der Waals surface area contributed by atoms with Crippen molar-refractivity contribution in [3.63, 3.8) is 0 Å². The highest BCUT2D eigenvalue weighted by Gasteiger charge is 1.88. The first kappa shape index (κ1) is 8.89. The fourth-order valence-electron chi connectivity index (χ4n) is 0.760. The maximum atomic E-state index is 8.24. The monoisotopic (exact) mass is 175 g/mol. The predicted octanol–water partition coefficient (Wildman–Crippen LogP) is 3.12. The molecule has 1 nitrogen and oxygen atoms in total. The highest BCUT2D eigenvalue weighted by Crippen LogP contribution is 2.18. The van der Waals surface area contributed by atoms with Crippen molar-refractivity contribution < 1.29 is 0 Å². The quantitative estimate of drug-likeness (QED) is 0.509. The van der Waals surface area contributed by atoms with Gasteiger partial charge in [-0.15, -0.1) is 0 Å². The lowest BCUT2D eigenvalue weighted by Crippen LogP contribution is -1.70. The minimum Gasteiger partial charge on any atom is -0.193 e. The van der Waals surface area contributed by atoms with Crippen LogP contribution >= 0.6 is 11.8 Å². The lowest BCUT2D eigenvalue weighted by molar-refractivity contribution is 1.38. The minimum atomic E-state index is 1.16. The van der Waals surface area contributed by atoms with Crippen molar-refractivity contribution >= 4 is 11.8 Å². The van der Waals surface area contributed by atoms with Gasteiger partial charge >= 0.3 is 0 Å². The SMILES string of the molecule is Cc1ccc(SC=CC#N)cc1. The Bertz CT molecular complexity index is 306. The molecule has 1 aromatic carbocycles. The van der Waals surface area contributed by atoms with Gasteiger partial charge in [-0.25, -0.2) is 0 Å². The average molecular weight is 175 g/mol. The van der Waals surface area contributed by atoms with Crippen LogP contribution in [-0.2, 0) is 0 Å². The summed E-state index contributed by atoms with van der Waals surface area (Å²) in [7, 11) is 0. The fraction of sp³-hybridized carbons (Fsp3) is 0.100. The molecule has 0 unspecified atom stereocenters. The largest absolute Gasteiger partial charge is 0.193 e. The number of nitrogens with zero attached hydrogens (tertiary/aromatic N) is 1. The van der Waals surface area contributed by atoms with Crippen LogP contribution in [-0.4, -0.2) is 0 Å². The lowest BCUT2D eigenvalue weighted by Gasteiger charge is -1.95. The molecule has 0 heterocycles. The molecule has 0 atom stereocenters. The van der Waals surface area contributed by atoms with Crippen LogP contribution in [0.4, 0.5) is 0 Å². The third kappa shape index (κ3) is 2.81. The molecule has 0 saturated heterocycles. The predicted molar refractivity (Wildman–Crippen MR) is 51.8 cm³/mol. The Morgan fingerprint density at radius 3 is 2.58 bits per heavy atom. The van der Waals surface area contributed by atoms with E-state index in [4.69, 9.17) is 5.26 Å². The van der Waals surface area contributed by atoms with Gasteiger partial charge in [0.05, 0.1) is 6.07 Å². The summed E-state index contributed by atoms with van der Waals surface area (Å²) in [5.41, 5.74) is 1.25. The molecule has 0 N–H and O–H groups in total. The molecular weight excluding hydrogens is 166 g/mol. The number of hydrogen-bond donors (Lipinski definition) is 0. The zero-order chi connectivity index (χ0) is 8.81. The van der Waals surface area contributed by atoms with Gasteiger partial charge in [0.25, 0.3) is 0 Å². The van der Waals surface area contributed by atoms with Crippen molar-refractivity contribution in [2.75, 3.05) is 0 Å². The number of nitriles is 1. The van der Waals surface area contributed by atoms with Crippen LogP contribution in [0.15, 0.2) is 40.6 Å². The standard InChI is InChI=1S/C10H9NS/c1-9-3-5-10(6-4-9)12-8-2-7-11/h2-6,8H,1H3. The van der Waals surface area contributed by atoms with E-state index in [2.05, 4.69) is 19.1 Å². The van der Waals surface area contributed by atoms with Crippen molar-refractivity contribution in [1.82, 2.24) is 0 Å². The smallest absolute Gasteiger partial charge is 0.0917 e. The van der Waals surface area contributed by atoms with Gasteiger partial charge in [-0.3, -0.25) is 0 Å². The van der Waals surface area contributed by atoms with Gasteiger partial charge in [0.15, 0.2) is 0 Å². The van der Waals surface area contributed by atoms with Crippen LogP contribution in [0, 0.1) is 18.3 Å². The van der Waals surface area contributed by atoms with Crippen LogP contribution in [0.5, 0.6) is 0 Å². The first-order chi connectivity index (χ1) is 5.83. The van der Waals surface area contributed by atoms with Gasteiger partial charge in [-0.1, -0.05) is 29.5 Å². The summed E-state index contributed by atoms with van der Waals surface area (Å²) < 4.78 is 0. The van der Waals surface area contributed by atoms with Gasteiger partial charge in [-0.05, 0) is 24.5 Å². The van der Waals surface area contributed by atoms with Crippen molar-refractivity contribution in [1.29, 1.82) is 5.26 Å². The van der Waals surface area contributed by atoms with Gasteiger partial charge in [0.1, 0.15) is 0 Å². The van der Waals surface area contributed by atoms with E-state index in [0.717, 1.165) is 4.90 Å². The Balaban J connectivity index is 2.60. The second-order valence-electron chi connectivity index (χ2n) is 2.36. The van der Waals surface area contributed by atoms with Crippen molar-refractivity contribution in [2.24, 2.45) is 0 Å². The van der Waals surface area contributed by atoms with E-state index in [-0.39, 0.29) is 0 Å². The molecule has 0 radical (unpaired) electrons. The van der Waals surface area contributed by atoms with Gasteiger partial charge < -0.3 is 0 Å². The first-order valence-corrected chi connectivity index (χ1v) is 4.49. The summed E-state index contributed by atoms with van der Waals surface area (Å²) in [5.74, 6) is 0. The van der Waals surface area contributed by atoms with E-state index in [9.17, 15) is 0 Å². The Morgan fingerprint density at radius 2 is 2.00 bits per heavy atom. The Labute approximate surface area is 76.7 Å². The second kappa shape index (κ2) is 4.63. The molecule has 0 aliphatic heterocycles. The topological polar surface area (TPSA) is 23.8 Å². The average Bonchev–Trinajstić information content (AvgIpc) is 2.09. The lowest BCUT2D eigenvalue weighted by atomic mass is 10.2. The van der Waals surface area contributed by atoms with Crippen molar-refractivity contribution in [3.05, 3.63) is 41.3 Å².